The molecule has 1 atom stereocenters. The molecule has 0 aromatic carbocycles. The minimum absolute atomic E-state index is 0.602. The average molecular weight is 137 g/mol. The van der Waals surface area contributed by atoms with E-state index in [-0.39, 0.29) is 0 Å². The van der Waals surface area contributed by atoms with Crippen LogP contribution in [-0.2, 0) is 0 Å². The van der Waals surface area contributed by atoms with Crippen LogP contribution in [0.25, 0.3) is 0 Å². The lowest BCUT2D eigenvalue weighted by Gasteiger charge is -2.10. The Morgan fingerprint density at radius 2 is 2.50 bits per heavy atom. The summed E-state index contributed by atoms with van der Waals surface area (Å²) in [6.45, 7) is 9.30. The molecule has 0 bridgehead atoms. The topological polar surface area (TPSA) is 12.4 Å². The van der Waals surface area contributed by atoms with Gasteiger partial charge in [-0.15, -0.1) is 0 Å². The van der Waals surface area contributed by atoms with E-state index in [0.29, 0.717) is 5.92 Å². The SMILES string of the molecule is C=C(CC)C1CCN=C1C. The van der Waals surface area contributed by atoms with Crippen LogP contribution in [0.4, 0.5) is 0 Å². The summed E-state index contributed by atoms with van der Waals surface area (Å²) in [5.74, 6) is 0.602. The summed E-state index contributed by atoms with van der Waals surface area (Å²) in [5.41, 5.74) is 2.63. The number of aliphatic imine (C=N–C) groups is 1. The summed E-state index contributed by atoms with van der Waals surface area (Å²) >= 11 is 0. The largest absolute Gasteiger partial charge is 0.294 e. The molecule has 0 amide bonds. The molecule has 0 aromatic rings. The highest BCUT2D eigenvalue weighted by atomic mass is 14.8. The van der Waals surface area contributed by atoms with E-state index in [2.05, 4.69) is 25.4 Å². The second-order valence-corrected chi connectivity index (χ2v) is 2.88. The Bertz CT molecular complexity index is 168. The fourth-order valence-corrected chi connectivity index (χ4v) is 1.44. The van der Waals surface area contributed by atoms with Crippen LogP contribution in [0.5, 0.6) is 0 Å². The van der Waals surface area contributed by atoms with Crippen molar-refractivity contribution in [1.82, 2.24) is 0 Å². The third kappa shape index (κ3) is 1.28. The maximum absolute atomic E-state index is 4.34. The second kappa shape index (κ2) is 3.00. The van der Waals surface area contributed by atoms with Gasteiger partial charge in [0.2, 0.25) is 0 Å². The van der Waals surface area contributed by atoms with Crippen LogP contribution >= 0.6 is 0 Å². The van der Waals surface area contributed by atoms with Crippen molar-refractivity contribution in [2.75, 3.05) is 6.54 Å². The number of hydrogen-bond donors (Lipinski definition) is 0. The third-order valence-electron chi connectivity index (χ3n) is 2.23. The van der Waals surface area contributed by atoms with E-state index in [0.717, 1.165) is 13.0 Å². The first kappa shape index (κ1) is 7.52. The molecular weight excluding hydrogens is 122 g/mol. The fraction of sp³-hybridized carbons (Fsp3) is 0.667. The summed E-state index contributed by atoms with van der Waals surface area (Å²) in [6, 6.07) is 0. The fourth-order valence-electron chi connectivity index (χ4n) is 1.44. The molecule has 0 fully saturated rings. The van der Waals surface area contributed by atoms with E-state index >= 15 is 0 Å². The molecule has 56 valence electrons. The van der Waals surface area contributed by atoms with Crippen LogP contribution in [0.3, 0.4) is 0 Å². The van der Waals surface area contributed by atoms with Gasteiger partial charge in [0.25, 0.3) is 0 Å². The van der Waals surface area contributed by atoms with Gasteiger partial charge in [-0.1, -0.05) is 19.1 Å². The predicted octanol–water partition coefficient (Wildman–Crippen LogP) is 2.43. The Morgan fingerprint density at radius 1 is 1.80 bits per heavy atom. The Hall–Kier alpha value is -0.590. The maximum Gasteiger partial charge on any atom is 0.0398 e. The molecule has 1 heterocycles. The van der Waals surface area contributed by atoms with Gasteiger partial charge in [0.05, 0.1) is 0 Å². The van der Waals surface area contributed by atoms with Gasteiger partial charge in [-0.2, -0.15) is 0 Å². The van der Waals surface area contributed by atoms with Crippen molar-refractivity contribution in [2.24, 2.45) is 10.9 Å². The van der Waals surface area contributed by atoms with Gasteiger partial charge in [-0.3, -0.25) is 4.99 Å². The monoisotopic (exact) mass is 137 g/mol. The first-order valence-electron chi connectivity index (χ1n) is 3.94. The van der Waals surface area contributed by atoms with Gasteiger partial charge in [0.1, 0.15) is 0 Å². The van der Waals surface area contributed by atoms with Crippen LogP contribution in [0.2, 0.25) is 0 Å². The number of hydrogen-bond acceptors (Lipinski definition) is 1. The highest BCUT2D eigenvalue weighted by Gasteiger charge is 2.18. The maximum atomic E-state index is 4.34. The van der Waals surface area contributed by atoms with Gasteiger partial charge < -0.3 is 0 Å². The van der Waals surface area contributed by atoms with Crippen molar-refractivity contribution < 1.29 is 0 Å². The van der Waals surface area contributed by atoms with Crippen molar-refractivity contribution in [3.63, 3.8) is 0 Å². The lowest BCUT2D eigenvalue weighted by atomic mass is 9.93. The molecule has 1 rings (SSSR count). The third-order valence-corrected chi connectivity index (χ3v) is 2.23. The Morgan fingerprint density at radius 3 is 2.90 bits per heavy atom. The molecular formula is C9H15N. The van der Waals surface area contributed by atoms with Crippen LogP contribution in [0.1, 0.15) is 26.7 Å². The Kier molecular flexibility index (Phi) is 2.25. The van der Waals surface area contributed by atoms with E-state index in [1.165, 1.54) is 17.7 Å². The smallest absolute Gasteiger partial charge is 0.0398 e. The zero-order valence-electron chi connectivity index (χ0n) is 6.85. The van der Waals surface area contributed by atoms with E-state index in [1.54, 1.807) is 0 Å². The van der Waals surface area contributed by atoms with Crippen LogP contribution < -0.4 is 0 Å². The second-order valence-electron chi connectivity index (χ2n) is 2.88. The normalized spacial score (nSPS) is 24.6. The summed E-state index contributed by atoms with van der Waals surface area (Å²) in [6.07, 6.45) is 2.29. The van der Waals surface area contributed by atoms with Gasteiger partial charge >= 0.3 is 0 Å². The predicted molar refractivity (Wildman–Crippen MR) is 45.5 cm³/mol. The summed E-state index contributed by atoms with van der Waals surface area (Å²) < 4.78 is 0. The highest BCUT2D eigenvalue weighted by Crippen LogP contribution is 2.22. The lowest BCUT2D eigenvalue weighted by molar-refractivity contribution is 0.747. The number of allylic oxidation sites excluding steroid dienone is 1. The van der Waals surface area contributed by atoms with Gasteiger partial charge in [-0.05, 0) is 19.8 Å². The first-order valence-corrected chi connectivity index (χ1v) is 3.94. The minimum Gasteiger partial charge on any atom is -0.294 e. The Labute approximate surface area is 62.9 Å². The zero-order valence-corrected chi connectivity index (χ0v) is 6.85. The van der Waals surface area contributed by atoms with Gasteiger partial charge in [-0.25, -0.2) is 0 Å². The molecule has 0 spiro atoms. The average Bonchev–Trinajstić information content (AvgIpc) is 2.34. The van der Waals surface area contributed by atoms with E-state index in [1.807, 2.05) is 0 Å². The zero-order chi connectivity index (χ0) is 7.56. The van der Waals surface area contributed by atoms with Crippen molar-refractivity contribution in [3.8, 4) is 0 Å². The molecule has 10 heavy (non-hydrogen) atoms. The molecule has 0 radical (unpaired) electrons. The number of rotatable bonds is 2. The quantitative estimate of drug-likeness (QED) is 0.518. The van der Waals surface area contributed by atoms with E-state index < -0.39 is 0 Å². The lowest BCUT2D eigenvalue weighted by Crippen LogP contribution is -2.07. The van der Waals surface area contributed by atoms with Gasteiger partial charge in [0, 0.05) is 18.2 Å². The number of nitrogens with zero attached hydrogens (tertiary/aromatic N) is 1. The first-order chi connectivity index (χ1) is 4.75. The minimum atomic E-state index is 0.602. The van der Waals surface area contributed by atoms with Crippen molar-refractivity contribution in [1.29, 1.82) is 0 Å². The summed E-state index contributed by atoms with van der Waals surface area (Å²) in [4.78, 5) is 4.34. The van der Waals surface area contributed by atoms with Crippen LogP contribution in [0, 0.1) is 5.92 Å². The molecule has 0 aliphatic carbocycles. The summed E-state index contributed by atoms with van der Waals surface area (Å²) in [5, 5.41) is 0. The summed E-state index contributed by atoms with van der Waals surface area (Å²) in [7, 11) is 0. The molecule has 0 saturated heterocycles. The van der Waals surface area contributed by atoms with Gasteiger partial charge in [0.15, 0.2) is 0 Å². The van der Waals surface area contributed by atoms with Crippen LogP contribution in [-0.4, -0.2) is 12.3 Å². The van der Waals surface area contributed by atoms with E-state index in [4.69, 9.17) is 0 Å². The molecule has 0 N–H and O–H groups in total. The van der Waals surface area contributed by atoms with Crippen molar-refractivity contribution in [3.05, 3.63) is 12.2 Å². The molecule has 0 saturated carbocycles. The van der Waals surface area contributed by atoms with Crippen molar-refractivity contribution in [2.45, 2.75) is 26.7 Å². The molecule has 1 nitrogen and oxygen atoms in total. The van der Waals surface area contributed by atoms with Crippen LogP contribution in [0.15, 0.2) is 17.1 Å². The van der Waals surface area contributed by atoms with Crippen molar-refractivity contribution >= 4 is 5.71 Å². The standard InChI is InChI=1S/C9H15N/c1-4-7(2)9-5-6-10-8(9)3/h9H,2,4-6H2,1,3H3. The molecule has 1 aliphatic rings. The Balaban J connectivity index is 2.57. The molecule has 1 heteroatoms. The molecule has 0 aromatic heterocycles. The molecule has 1 aliphatic heterocycles. The van der Waals surface area contributed by atoms with E-state index in [9.17, 15) is 0 Å². The highest BCUT2D eigenvalue weighted by molar-refractivity contribution is 5.88. The molecule has 1 unspecified atom stereocenters.